The molecule has 0 spiro atoms. The minimum absolute atomic E-state index is 0.219. The van der Waals surface area contributed by atoms with Crippen molar-refractivity contribution in [3.8, 4) is 0 Å². The Morgan fingerprint density at radius 1 is 1.31 bits per heavy atom. The number of thioether (sulfide) groups is 1. The Bertz CT molecular complexity index is 924. The van der Waals surface area contributed by atoms with Gasteiger partial charge in [-0.3, -0.25) is 4.79 Å². The molecule has 26 heavy (non-hydrogen) atoms. The van der Waals surface area contributed by atoms with Crippen LogP contribution in [0.3, 0.4) is 0 Å². The molecule has 0 N–H and O–H groups in total. The van der Waals surface area contributed by atoms with Crippen molar-refractivity contribution in [3.63, 3.8) is 0 Å². The lowest BCUT2D eigenvalue weighted by Gasteiger charge is -2.18. The van der Waals surface area contributed by atoms with Gasteiger partial charge in [0.15, 0.2) is 0 Å². The third-order valence-corrected chi connectivity index (χ3v) is 6.75. The summed E-state index contributed by atoms with van der Waals surface area (Å²) in [6.45, 7) is 2.61. The Morgan fingerprint density at radius 2 is 2.15 bits per heavy atom. The molecule has 4 nitrogen and oxygen atoms in total. The lowest BCUT2D eigenvalue weighted by Crippen LogP contribution is -2.09. The lowest BCUT2D eigenvalue weighted by molar-refractivity contribution is -0.141. The zero-order valence-corrected chi connectivity index (χ0v) is 16.2. The van der Waals surface area contributed by atoms with E-state index in [4.69, 9.17) is 4.74 Å². The van der Waals surface area contributed by atoms with Crippen molar-refractivity contribution < 1.29 is 9.53 Å². The highest BCUT2D eigenvalue weighted by atomic mass is 32.2. The van der Waals surface area contributed by atoms with Crippen molar-refractivity contribution in [2.24, 2.45) is 5.92 Å². The summed E-state index contributed by atoms with van der Waals surface area (Å²) in [5.41, 5.74) is 2.39. The zero-order valence-electron chi connectivity index (χ0n) is 14.6. The van der Waals surface area contributed by atoms with Gasteiger partial charge in [-0.1, -0.05) is 49.0 Å². The van der Waals surface area contributed by atoms with Gasteiger partial charge in [0.05, 0.1) is 5.75 Å². The van der Waals surface area contributed by atoms with Crippen LogP contribution in [0.5, 0.6) is 0 Å². The van der Waals surface area contributed by atoms with E-state index in [1.165, 1.54) is 28.6 Å². The molecule has 0 amide bonds. The molecule has 0 aliphatic heterocycles. The number of aryl methyl sites for hydroxylation is 1. The number of ether oxygens (including phenoxy) is 1. The molecular formula is C20H20N2O2S2. The number of rotatable bonds is 5. The van der Waals surface area contributed by atoms with Crippen LogP contribution in [0.2, 0.25) is 0 Å². The summed E-state index contributed by atoms with van der Waals surface area (Å²) in [6.07, 6.45) is 5.01. The zero-order chi connectivity index (χ0) is 17.9. The number of thiophene rings is 1. The Balaban J connectivity index is 1.45. The normalized spacial score (nSPS) is 16.4. The minimum atomic E-state index is -0.219. The van der Waals surface area contributed by atoms with Crippen LogP contribution in [0.1, 0.15) is 29.3 Å². The third-order valence-electron chi connectivity index (χ3n) is 4.63. The summed E-state index contributed by atoms with van der Waals surface area (Å²) in [7, 11) is 0. The van der Waals surface area contributed by atoms with Crippen molar-refractivity contribution in [1.29, 1.82) is 0 Å². The summed E-state index contributed by atoms with van der Waals surface area (Å²) < 4.78 is 5.37. The van der Waals surface area contributed by atoms with Gasteiger partial charge in [-0.25, -0.2) is 9.97 Å². The van der Waals surface area contributed by atoms with E-state index in [2.05, 4.69) is 16.9 Å². The second-order valence-corrected chi connectivity index (χ2v) is 8.69. The van der Waals surface area contributed by atoms with Gasteiger partial charge in [0, 0.05) is 10.3 Å². The Kier molecular flexibility index (Phi) is 5.22. The molecule has 1 unspecified atom stereocenters. The number of fused-ring (bicyclic) bond motifs is 3. The molecular weight excluding hydrogens is 364 g/mol. The molecule has 2 aromatic heterocycles. The minimum Gasteiger partial charge on any atom is -0.460 e. The quantitative estimate of drug-likeness (QED) is 0.364. The van der Waals surface area contributed by atoms with Gasteiger partial charge in [-0.2, -0.15) is 0 Å². The molecule has 1 aliphatic rings. The predicted octanol–water partition coefficient (Wildman–Crippen LogP) is 4.65. The summed E-state index contributed by atoms with van der Waals surface area (Å²) >= 11 is 3.23. The van der Waals surface area contributed by atoms with Crippen LogP contribution in [0, 0.1) is 5.92 Å². The third kappa shape index (κ3) is 3.76. The highest BCUT2D eigenvalue weighted by Crippen LogP contribution is 2.40. The van der Waals surface area contributed by atoms with Crippen LogP contribution in [0.4, 0.5) is 0 Å². The number of aromatic nitrogens is 2. The van der Waals surface area contributed by atoms with Crippen LogP contribution in [0.15, 0.2) is 41.7 Å². The largest absolute Gasteiger partial charge is 0.460 e. The van der Waals surface area contributed by atoms with Crippen LogP contribution in [0.25, 0.3) is 10.2 Å². The number of hydrogen-bond acceptors (Lipinski definition) is 6. The Hall–Kier alpha value is -1.92. The molecule has 0 bridgehead atoms. The van der Waals surface area contributed by atoms with Crippen molar-refractivity contribution in [2.45, 2.75) is 37.8 Å². The molecule has 6 heteroatoms. The number of carbonyl (C=O) groups is 1. The van der Waals surface area contributed by atoms with E-state index in [0.29, 0.717) is 6.61 Å². The van der Waals surface area contributed by atoms with E-state index < -0.39 is 0 Å². The summed E-state index contributed by atoms with van der Waals surface area (Å²) in [6, 6.07) is 9.73. The second-order valence-electron chi connectivity index (χ2n) is 6.65. The first-order chi connectivity index (χ1) is 12.7. The molecule has 134 valence electrons. The maximum atomic E-state index is 12.1. The van der Waals surface area contributed by atoms with E-state index in [9.17, 15) is 4.79 Å². The highest BCUT2D eigenvalue weighted by molar-refractivity contribution is 8.00. The van der Waals surface area contributed by atoms with Gasteiger partial charge in [-0.05, 0) is 36.3 Å². The van der Waals surface area contributed by atoms with E-state index in [-0.39, 0.29) is 11.7 Å². The van der Waals surface area contributed by atoms with Crippen molar-refractivity contribution in [2.75, 3.05) is 5.75 Å². The number of hydrogen-bond donors (Lipinski definition) is 0. The topological polar surface area (TPSA) is 52.1 Å². The molecule has 0 radical (unpaired) electrons. The smallest absolute Gasteiger partial charge is 0.316 e. The fraction of sp³-hybridized carbons (Fsp3) is 0.350. The molecule has 4 rings (SSSR count). The Morgan fingerprint density at radius 3 is 3.00 bits per heavy atom. The molecule has 1 atom stereocenters. The molecule has 3 aromatic rings. The molecule has 0 saturated heterocycles. The predicted molar refractivity (Wildman–Crippen MR) is 106 cm³/mol. The fourth-order valence-electron chi connectivity index (χ4n) is 3.26. The molecule has 0 fully saturated rings. The first kappa shape index (κ1) is 17.5. The number of carbonyl (C=O) groups excluding carboxylic acids is 1. The van der Waals surface area contributed by atoms with Gasteiger partial charge in [0.2, 0.25) is 0 Å². The summed E-state index contributed by atoms with van der Waals surface area (Å²) in [5.74, 6) is 0.774. The first-order valence-corrected chi connectivity index (χ1v) is 10.6. The molecule has 0 saturated carbocycles. The SMILES string of the molecule is CC1CCc2c(sc3ncnc(SCC(=O)OCc4ccccc4)c23)C1. The molecule has 1 aromatic carbocycles. The van der Waals surface area contributed by atoms with Gasteiger partial charge in [0.1, 0.15) is 22.8 Å². The van der Waals surface area contributed by atoms with E-state index >= 15 is 0 Å². The fourth-order valence-corrected chi connectivity index (χ4v) is 5.50. The average Bonchev–Trinajstić information content (AvgIpc) is 3.03. The highest BCUT2D eigenvalue weighted by Gasteiger charge is 2.23. The van der Waals surface area contributed by atoms with Crippen LogP contribution < -0.4 is 0 Å². The van der Waals surface area contributed by atoms with Gasteiger partial charge in [0.25, 0.3) is 0 Å². The summed E-state index contributed by atoms with van der Waals surface area (Å²) in [5, 5.41) is 2.05. The van der Waals surface area contributed by atoms with E-state index in [1.807, 2.05) is 30.3 Å². The van der Waals surface area contributed by atoms with Crippen molar-refractivity contribution in [1.82, 2.24) is 9.97 Å². The number of benzene rings is 1. The van der Waals surface area contributed by atoms with Crippen molar-refractivity contribution >= 4 is 39.3 Å². The molecule has 2 heterocycles. The van der Waals surface area contributed by atoms with Crippen molar-refractivity contribution in [3.05, 3.63) is 52.7 Å². The Labute approximate surface area is 161 Å². The van der Waals surface area contributed by atoms with Gasteiger partial charge < -0.3 is 4.74 Å². The van der Waals surface area contributed by atoms with Crippen LogP contribution >= 0.6 is 23.1 Å². The monoisotopic (exact) mass is 384 g/mol. The summed E-state index contributed by atoms with van der Waals surface area (Å²) in [4.78, 5) is 23.5. The van der Waals surface area contributed by atoms with Gasteiger partial charge in [-0.15, -0.1) is 11.3 Å². The molecule has 1 aliphatic carbocycles. The van der Waals surface area contributed by atoms with Crippen LogP contribution in [-0.2, 0) is 29.0 Å². The van der Waals surface area contributed by atoms with Gasteiger partial charge >= 0.3 is 5.97 Å². The standard InChI is InChI=1S/C20H20N2O2S2/c1-13-7-8-15-16(9-13)26-20-18(15)19(21-12-22-20)25-11-17(23)24-10-14-5-3-2-4-6-14/h2-6,12-13H,7-11H2,1H3. The lowest BCUT2D eigenvalue weighted by atomic mass is 9.89. The van der Waals surface area contributed by atoms with E-state index in [1.54, 1.807) is 17.7 Å². The first-order valence-electron chi connectivity index (χ1n) is 8.78. The average molecular weight is 385 g/mol. The maximum Gasteiger partial charge on any atom is 0.316 e. The van der Waals surface area contributed by atoms with E-state index in [0.717, 1.165) is 39.6 Å². The number of nitrogens with zero attached hydrogens (tertiary/aromatic N) is 2. The number of esters is 1. The maximum absolute atomic E-state index is 12.1. The van der Waals surface area contributed by atoms with Crippen LogP contribution in [-0.4, -0.2) is 21.7 Å². The second kappa shape index (κ2) is 7.76.